The number of nitrogens with zero attached hydrogens (tertiary/aromatic N) is 3. The van der Waals surface area contributed by atoms with Crippen LogP contribution in [0.15, 0.2) is 12.4 Å². The Balaban J connectivity index is 2.77. The van der Waals surface area contributed by atoms with E-state index in [0.29, 0.717) is 5.56 Å². The van der Waals surface area contributed by atoms with Gasteiger partial charge in [0.2, 0.25) is 0 Å². The minimum Gasteiger partial charge on any atom is -0.381 e. The molecule has 7 heteroatoms. The maximum atomic E-state index is 13.6. The maximum Gasteiger partial charge on any atom is 0.251 e. The Morgan fingerprint density at radius 3 is 2.67 bits per heavy atom. The van der Waals surface area contributed by atoms with Crippen molar-refractivity contribution in [2.45, 2.75) is 6.92 Å². The van der Waals surface area contributed by atoms with Crippen LogP contribution >= 0.6 is 0 Å². The number of rotatable bonds is 2. The average Bonchev–Trinajstić information content (AvgIpc) is 2.71. The number of hydrogen-bond acceptors (Lipinski definition) is 4. The summed E-state index contributed by atoms with van der Waals surface area (Å²) < 4.78 is 15.2. The van der Waals surface area contributed by atoms with Gasteiger partial charge < -0.3 is 11.5 Å². The van der Waals surface area contributed by atoms with E-state index in [2.05, 4.69) is 10.1 Å². The van der Waals surface area contributed by atoms with E-state index in [1.807, 2.05) is 0 Å². The molecule has 0 radical (unpaired) electrons. The van der Waals surface area contributed by atoms with Crippen LogP contribution in [0.3, 0.4) is 0 Å². The smallest absolute Gasteiger partial charge is 0.251 e. The molecule has 0 saturated carbocycles. The first-order valence-electron chi connectivity index (χ1n) is 5.16. The van der Waals surface area contributed by atoms with E-state index in [1.165, 1.54) is 17.8 Å². The molecule has 0 fully saturated rings. The summed E-state index contributed by atoms with van der Waals surface area (Å²) in [6.07, 6.45) is 3.15. The lowest BCUT2D eigenvalue weighted by Gasteiger charge is -2.10. The third kappa shape index (κ3) is 1.79. The number of pyridine rings is 1. The molecule has 0 spiro atoms. The largest absolute Gasteiger partial charge is 0.381 e. The van der Waals surface area contributed by atoms with Crippen molar-refractivity contribution in [1.29, 1.82) is 0 Å². The SMILES string of the molecule is Cc1c(F)c(N)nc(-c2cnn(C)c2)c1C(N)=O. The van der Waals surface area contributed by atoms with Crippen LogP contribution in [0.4, 0.5) is 10.2 Å². The second kappa shape index (κ2) is 4.10. The van der Waals surface area contributed by atoms with Gasteiger partial charge in [-0.1, -0.05) is 0 Å². The van der Waals surface area contributed by atoms with Crippen LogP contribution in [-0.2, 0) is 7.05 Å². The zero-order valence-electron chi connectivity index (χ0n) is 9.94. The van der Waals surface area contributed by atoms with Gasteiger partial charge in [0.05, 0.1) is 17.5 Å². The first-order chi connectivity index (χ1) is 8.41. The fourth-order valence-electron chi connectivity index (χ4n) is 1.76. The molecule has 2 heterocycles. The van der Waals surface area contributed by atoms with Gasteiger partial charge in [0.1, 0.15) is 0 Å². The number of hydrogen-bond donors (Lipinski definition) is 2. The quantitative estimate of drug-likeness (QED) is 0.814. The molecule has 0 atom stereocenters. The van der Waals surface area contributed by atoms with Crippen molar-refractivity contribution in [2.75, 3.05) is 5.73 Å². The summed E-state index contributed by atoms with van der Waals surface area (Å²) in [5.74, 6) is -1.74. The van der Waals surface area contributed by atoms with E-state index in [0.717, 1.165) is 0 Å². The number of aryl methyl sites for hydroxylation is 1. The standard InChI is InChI=1S/C11H12FN5O/c1-5-7(11(14)18)9(16-10(13)8(5)12)6-3-15-17(2)4-6/h3-4H,1-2H3,(H2,13,16)(H2,14,18). The Hall–Kier alpha value is -2.44. The molecular weight excluding hydrogens is 237 g/mol. The zero-order valence-corrected chi connectivity index (χ0v) is 9.94. The summed E-state index contributed by atoms with van der Waals surface area (Å²) in [5.41, 5.74) is 11.6. The minimum absolute atomic E-state index is 0.0229. The van der Waals surface area contributed by atoms with E-state index in [-0.39, 0.29) is 22.6 Å². The lowest BCUT2D eigenvalue weighted by Crippen LogP contribution is -2.17. The maximum absolute atomic E-state index is 13.6. The Kier molecular flexibility index (Phi) is 2.74. The van der Waals surface area contributed by atoms with Crippen LogP contribution in [0.25, 0.3) is 11.3 Å². The summed E-state index contributed by atoms with van der Waals surface area (Å²) in [4.78, 5) is 15.3. The number of carbonyl (C=O) groups excluding carboxylic acids is 1. The van der Waals surface area contributed by atoms with Crippen molar-refractivity contribution >= 4 is 11.7 Å². The molecule has 2 rings (SSSR count). The number of carbonyl (C=O) groups is 1. The summed E-state index contributed by atoms with van der Waals surface area (Å²) in [6, 6.07) is 0. The fraction of sp³-hybridized carbons (Fsp3) is 0.182. The van der Waals surface area contributed by atoms with E-state index >= 15 is 0 Å². The Morgan fingerprint density at radius 2 is 2.17 bits per heavy atom. The lowest BCUT2D eigenvalue weighted by atomic mass is 10.0. The van der Waals surface area contributed by atoms with E-state index in [1.54, 1.807) is 13.2 Å². The van der Waals surface area contributed by atoms with Crippen LogP contribution in [0.5, 0.6) is 0 Å². The van der Waals surface area contributed by atoms with Gasteiger partial charge in [-0.25, -0.2) is 9.37 Å². The normalized spacial score (nSPS) is 10.6. The highest BCUT2D eigenvalue weighted by Gasteiger charge is 2.21. The van der Waals surface area contributed by atoms with Gasteiger partial charge in [-0.05, 0) is 6.92 Å². The minimum atomic E-state index is -0.752. The average molecular weight is 249 g/mol. The Labute approximate surface area is 102 Å². The number of aromatic nitrogens is 3. The van der Waals surface area contributed by atoms with E-state index in [4.69, 9.17) is 11.5 Å². The molecule has 0 aromatic carbocycles. The van der Waals surface area contributed by atoms with Crippen LogP contribution in [0, 0.1) is 12.7 Å². The number of nitrogens with two attached hydrogens (primary N) is 2. The Morgan fingerprint density at radius 1 is 1.50 bits per heavy atom. The molecule has 94 valence electrons. The van der Waals surface area contributed by atoms with Crippen LogP contribution in [-0.4, -0.2) is 20.7 Å². The van der Waals surface area contributed by atoms with Crippen LogP contribution in [0.1, 0.15) is 15.9 Å². The molecular formula is C11H12FN5O. The van der Waals surface area contributed by atoms with Crippen LogP contribution < -0.4 is 11.5 Å². The summed E-state index contributed by atoms with van der Waals surface area (Å²) in [5, 5.41) is 3.97. The third-order valence-electron chi connectivity index (χ3n) is 2.62. The summed E-state index contributed by atoms with van der Waals surface area (Å²) in [7, 11) is 1.72. The van der Waals surface area contributed by atoms with Gasteiger partial charge in [-0.3, -0.25) is 9.48 Å². The fourth-order valence-corrected chi connectivity index (χ4v) is 1.76. The van der Waals surface area contributed by atoms with Gasteiger partial charge in [0.15, 0.2) is 11.6 Å². The lowest BCUT2D eigenvalue weighted by molar-refractivity contribution is 0.0999. The van der Waals surface area contributed by atoms with Crippen molar-refractivity contribution < 1.29 is 9.18 Å². The first kappa shape index (κ1) is 12.0. The van der Waals surface area contributed by atoms with Crippen LogP contribution in [0.2, 0.25) is 0 Å². The predicted molar refractivity (Wildman–Crippen MR) is 64.1 cm³/mol. The first-order valence-corrected chi connectivity index (χ1v) is 5.16. The number of primary amides is 1. The molecule has 0 saturated heterocycles. The van der Waals surface area contributed by atoms with Gasteiger partial charge in [0, 0.05) is 24.4 Å². The molecule has 1 amide bonds. The van der Waals surface area contributed by atoms with Gasteiger partial charge >= 0.3 is 0 Å². The van der Waals surface area contributed by atoms with E-state index < -0.39 is 11.7 Å². The van der Waals surface area contributed by atoms with Crippen molar-refractivity contribution in [3.8, 4) is 11.3 Å². The van der Waals surface area contributed by atoms with Gasteiger partial charge in [-0.15, -0.1) is 0 Å². The third-order valence-corrected chi connectivity index (χ3v) is 2.62. The number of nitrogen functional groups attached to an aromatic ring is 1. The predicted octanol–water partition coefficient (Wildman–Crippen LogP) is 0.611. The monoisotopic (exact) mass is 249 g/mol. The molecule has 2 aromatic rings. The van der Waals surface area contributed by atoms with Gasteiger partial charge in [0.25, 0.3) is 5.91 Å². The number of halogens is 1. The molecule has 2 aromatic heterocycles. The zero-order chi connectivity index (χ0) is 13.4. The van der Waals surface area contributed by atoms with Crippen molar-refractivity contribution in [3.63, 3.8) is 0 Å². The second-order valence-electron chi connectivity index (χ2n) is 3.93. The van der Waals surface area contributed by atoms with Crippen molar-refractivity contribution in [2.24, 2.45) is 12.8 Å². The molecule has 0 bridgehead atoms. The molecule has 0 unspecified atom stereocenters. The summed E-state index contributed by atoms with van der Waals surface area (Å²) >= 11 is 0. The van der Waals surface area contributed by atoms with E-state index in [9.17, 15) is 9.18 Å². The van der Waals surface area contributed by atoms with Crippen molar-refractivity contribution in [1.82, 2.24) is 14.8 Å². The number of anilines is 1. The highest BCUT2D eigenvalue weighted by atomic mass is 19.1. The number of amides is 1. The second-order valence-corrected chi connectivity index (χ2v) is 3.93. The highest BCUT2D eigenvalue weighted by Crippen LogP contribution is 2.27. The molecule has 0 aliphatic rings. The topological polar surface area (TPSA) is 99.8 Å². The molecule has 0 aliphatic carbocycles. The highest BCUT2D eigenvalue weighted by molar-refractivity contribution is 6.00. The molecule has 6 nitrogen and oxygen atoms in total. The summed E-state index contributed by atoms with van der Waals surface area (Å²) in [6.45, 7) is 1.44. The van der Waals surface area contributed by atoms with Gasteiger partial charge in [-0.2, -0.15) is 5.10 Å². The molecule has 0 aliphatic heterocycles. The Bertz CT molecular complexity index is 635. The molecule has 4 N–H and O–H groups in total. The van der Waals surface area contributed by atoms with Crippen molar-refractivity contribution in [3.05, 3.63) is 29.3 Å². The molecule has 18 heavy (non-hydrogen) atoms.